The zero-order valence-electron chi connectivity index (χ0n) is 15.6. The maximum absolute atomic E-state index is 3.95. The van der Waals surface area contributed by atoms with E-state index in [9.17, 15) is 0 Å². The quantitative estimate of drug-likeness (QED) is 0.827. The molecule has 134 valence electrons. The predicted octanol–water partition coefficient (Wildman–Crippen LogP) is 3.36. The Hall–Kier alpha value is -0.900. The Morgan fingerprint density at radius 1 is 1.04 bits per heavy atom. The summed E-state index contributed by atoms with van der Waals surface area (Å²) in [5, 5.41) is 3.95. The molecule has 2 atom stereocenters. The largest absolute Gasteiger partial charge is 0.311 e. The smallest absolute Gasteiger partial charge is 0.0233 e. The zero-order valence-corrected chi connectivity index (χ0v) is 15.6. The van der Waals surface area contributed by atoms with Gasteiger partial charge in [0.2, 0.25) is 0 Å². The Kier molecular flexibility index (Phi) is 6.70. The minimum absolute atomic E-state index is 0.647. The second-order valence-electron chi connectivity index (χ2n) is 7.84. The molecule has 0 aliphatic carbocycles. The zero-order chi connectivity index (χ0) is 16.8. The van der Waals surface area contributed by atoms with Crippen molar-refractivity contribution >= 4 is 0 Å². The van der Waals surface area contributed by atoms with Crippen LogP contribution in [0.25, 0.3) is 0 Å². The fourth-order valence-corrected chi connectivity index (χ4v) is 4.40. The predicted molar refractivity (Wildman–Crippen MR) is 102 cm³/mol. The topological polar surface area (TPSA) is 18.5 Å². The van der Waals surface area contributed by atoms with Gasteiger partial charge in [0.1, 0.15) is 0 Å². The minimum atomic E-state index is 0.647. The van der Waals surface area contributed by atoms with E-state index in [0.29, 0.717) is 6.04 Å². The van der Waals surface area contributed by atoms with E-state index in [1.54, 1.807) is 0 Å². The van der Waals surface area contributed by atoms with Gasteiger partial charge in [0.15, 0.2) is 0 Å². The molecule has 3 nitrogen and oxygen atoms in total. The van der Waals surface area contributed by atoms with Gasteiger partial charge in [-0.25, -0.2) is 0 Å². The molecule has 0 aromatic heterocycles. The average Bonchev–Trinajstić information content (AvgIpc) is 3.06. The average molecular weight is 330 g/mol. The van der Waals surface area contributed by atoms with Crippen molar-refractivity contribution in [2.75, 3.05) is 32.7 Å². The maximum Gasteiger partial charge on any atom is 0.0233 e. The molecule has 2 aliphatic heterocycles. The number of nitrogens with zero attached hydrogens (tertiary/aromatic N) is 2. The summed E-state index contributed by atoms with van der Waals surface area (Å²) in [6, 6.07) is 12.3. The molecule has 2 unspecified atom stereocenters. The molecule has 0 saturated carbocycles. The van der Waals surface area contributed by atoms with Gasteiger partial charge in [-0.15, -0.1) is 0 Å². The normalized spacial score (nSPS) is 25.2. The Morgan fingerprint density at radius 3 is 2.46 bits per heavy atom. The third kappa shape index (κ3) is 5.05. The van der Waals surface area contributed by atoms with Crippen molar-refractivity contribution in [3.8, 4) is 0 Å². The number of benzene rings is 1. The van der Waals surface area contributed by atoms with E-state index in [0.717, 1.165) is 18.5 Å². The van der Waals surface area contributed by atoms with Crippen molar-refractivity contribution in [3.63, 3.8) is 0 Å². The van der Waals surface area contributed by atoms with Crippen LogP contribution in [0.15, 0.2) is 30.3 Å². The summed E-state index contributed by atoms with van der Waals surface area (Å²) < 4.78 is 0. The lowest BCUT2D eigenvalue weighted by Crippen LogP contribution is -2.47. The van der Waals surface area contributed by atoms with Crippen LogP contribution in [0.2, 0.25) is 0 Å². The molecule has 1 aromatic carbocycles. The van der Waals surface area contributed by atoms with Gasteiger partial charge in [0, 0.05) is 25.2 Å². The van der Waals surface area contributed by atoms with Crippen LogP contribution in [0.4, 0.5) is 0 Å². The lowest BCUT2D eigenvalue weighted by molar-refractivity contribution is 0.183. The molecule has 2 fully saturated rings. The van der Waals surface area contributed by atoms with E-state index < -0.39 is 0 Å². The van der Waals surface area contributed by atoms with Crippen LogP contribution >= 0.6 is 0 Å². The summed E-state index contributed by atoms with van der Waals surface area (Å²) in [5.74, 6) is 0.808. The Bertz CT molecular complexity index is 467. The number of hydrogen-bond donors (Lipinski definition) is 1. The van der Waals surface area contributed by atoms with Crippen molar-refractivity contribution in [3.05, 3.63) is 35.9 Å². The van der Waals surface area contributed by atoms with Crippen LogP contribution in [0.3, 0.4) is 0 Å². The van der Waals surface area contributed by atoms with Crippen molar-refractivity contribution < 1.29 is 0 Å². The lowest BCUT2D eigenvalue weighted by atomic mass is 9.97. The van der Waals surface area contributed by atoms with Gasteiger partial charge < -0.3 is 10.2 Å². The van der Waals surface area contributed by atoms with Gasteiger partial charge in [-0.05, 0) is 70.3 Å². The number of likely N-dealkylation sites (tertiary alicyclic amines) is 2. The van der Waals surface area contributed by atoms with Gasteiger partial charge in [0.05, 0.1) is 0 Å². The van der Waals surface area contributed by atoms with E-state index in [4.69, 9.17) is 0 Å². The molecule has 3 rings (SSSR count). The van der Waals surface area contributed by atoms with Crippen molar-refractivity contribution in [1.82, 2.24) is 15.1 Å². The molecule has 2 saturated heterocycles. The maximum atomic E-state index is 3.95. The van der Waals surface area contributed by atoms with Gasteiger partial charge in [-0.3, -0.25) is 4.90 Å². The standard InChI is InChI=1S/C21H35N3/c1-3-12-23-14-10-21(11-15-23)22-18(2)20-9-13-24(17-20)16-19-7-5-4-6-8-19/h4-8,18,20-22H,3,9-17H2,1-2H3. The first kappa shape index (κ1) is 17.9. The second kappa shape index (κ2) is 8.98. The highest BCUT2D eigenvalue weighted by atomic mass is 15.2. The van der Waals surface area contributed by atoms with E-state index in [1.165, 1.54) is 64.0 Å². The number of piperidine rings is 1. The highest BCUT2D eigenvalue weighted by Gasteiger charge is 2.29. The van der Waals surface area contributed by atoms with Crippen molar-refractivity contribution in [2.24, 2.45) is 5.92 Å². The summed E-state index contributed by atoms with van der Waals surface area (Å²) >= 11 is 0. The highest BCUT2D eigenvalue weighted by molar-refractivity contribution is 5.14. The molecular formula is C21H35N3. The first-order valence-electron chi connectivity index (χ1n) is 9.99. The van der Waals surface area contributed by atoms with Gasteiger partial charge in [-0.1, -0.05) is 37.3 Å². The van der Waals surface area contributed by atoms with Crippen LogP contribution in [-0.2, 0) is 6.54 Å². The molecule has 1 N–H and O–H groups in total. The number of rotatable bonds is 7. The van der Waals surface area contributed by atoms with Crippen molar-refractivity contribution in [2.45, 2.75) is 58.2 Å². The van der Waals surface area contributed by atoms with E-state index in [-0.39, 0.29) is 0 Å². The molecule has 3 heteroatoms. The lowest BCUT2D eigenvalue weighted by Gasteiger charge is -2.35. The summed E-state index contributed by atoms with van der Waals surface area (Å²) in [4.78, 5) is 5.25. The number of hydrogen-bond acceptors (Lipinski definition) is 3. The van der Waals surface area contributed by atoms with Crippen LogP contribution in [0.5, 0.6) is 0 Å². The SMILES string of the molecule is CCCN1CCC(NC(C)C2CCN(Cc3ccccc3)C2)CC1. The van der Waals surface area contributed by atoms with E-state index in [1.807, 2.05) is 0 Å². The second-order valence-corrected chi connectivity index (χ2v) is 7.84. The third-order valence-corrected chi connectivity index (χ3v) is 5.89. The summed E-state index contributed by atoms with van der Waals surface area (Å²) in [6.07, 6.45) is 5.28. The monoisotopic (exact) mass is 329 g/mol. The summed E-state index contributed by atoms with van der Waals surface area (Å²) in [6.45, 7) is 12.1. The Balaban J connectivity index is 1.39. The Labute approximate surface area is 148 Å². The molecular weight excluding hydrogens is 294 g/mol. The highest BCUT2D eigenvalue weighted by Crippen LogP contribution is 2.23. The number of nitrogens with one attached hydrogen (secondary N) is 1. The molecule has 0 spiro atoms. The van der Waals surface area contributed by atoms with Crippen molar-refractivity contribution in [1.29, 1.82) is 0 Å². The first-order chi connectivity index (χ1) is 11.7. The van der Waals surface area contributed by atoms with Gasteiger partial charge in [-0.2, -0.15) is 0 Å². The molecule has 0 bridgehead atoms. The Morgan fingerprint density at radius 2 is 1.75 bits per heavy atom. The fraction of sp³-hybridized carbons (Fsp3) is 0.714. The van der Waals surface area contributed by atoms with Gasteiger partial charge in [0.25, 0.3) is 0 Å². The van der Waals surface area contributed by atoms with E-state index in [2.05, 4.69) is 59.3 Å². The molecule has 0 amide bonds. The molecule has 24 heavy (non-hydrogen) atoms. The summed E-state index contributed by atoms with van der Waals surface area (Å²) in [5.41, 5.74) is 1.45. The molecule has 2 aliphatic rings. The van der Waals surface area contributed by atoms with Gasteiger partial charge >= 0.3 is 0 Å². The van der Waals surface area contributed by atoms with Crippen LogP contribution in [0.1, 0.15) is 45.1 Å². The van der Waals surface area contributed by atoms with Crippen LogP contribution < -0.4 is 5.32 Å². The fourth-order valence-electron chi connectivity index (χ4n) is 4.40. The third-order valence-electron chi connectivity index (χ3n) is 5.89. The minimum Gasteiger partial charge on any atom is -0.311 e. The first-order valence-corrected chi connectivity index (χ1v) is 9.99. The van der Waals surface area contributed by atoms with E-state index >= 15 is 0 Å². The molecule has 1 aromatic rings. The molecule has 0 radical (unpaired) electrons. The molecule has 2 heterocycles. The van der Waals surface area contributed by atoms with Crippen LogP contribution in [-0.4, -0.2) is 54.6 Å². The van der Waals surface area contributed by atoms with Crippen LogP contribution in [0, 0.1) is 5.92 Å². The summed E-state index contributed by atoms with van der Waals surface area (Å²) in [7, 11) is 0.